The quantitative estimate of drug-likeness (QED) is 0.161. The predicted molar refractivity (Wildman–Crippen MR) is 267 cm³/mol. The third-order valence-electron chi connectivity index (χ3n) is 15.8. The van der Waals surface area contributed by atoms with Gasteiger partial charge in [0.1, 0.15) is 0 Å². The maximum Gasteiger partial charge on any atom is 0.0714 e. The molecule has 13 rings (SSSR count). The van der Waals surface area contributed by atoms with Gasteiger partial charge in [-0.2, -0.15) is 0 Å². The fraction of sp³-hybridized carbons (Fsp3) is 0.175. The molecule has 64 heavy (non-hydrogen) atoms. The summed E-state index contributed by atoms with van der Waals surface area (Å²) in [7, 11) is 0. The number of benzene rings is 8. The monoisotopic (exact) mass is 821 g/mol. The van der Waals surface area contributed by atoms with Crippen LogP contribution in [0.1, 0.15) is 94.2 Å². The Kier molecular flexibility index (Phi) is 8.70. The smallest absolute Gasteiger partial charge is 0.0714 e. The van der Waals surface area contributed by atoms with Gasteiger partial charge in [0.2, 0.25) is 0 Å². The Labute approximate surface area is 378 Å². The summed E-state index contributed by atoms with van der Waals surface area (Å²) in [5, 5.41) is 0. The molecule has 1 atom stereocenters. The third-order valence-corrected chi connectivity index (χ3v) is 15.8. The molecule has 1 spiro atoms. The Morgan fingerprint density at radius 2 is 1.09 bits per heavy atom. The van der Waals surface area contributed by atoms with E-state index in [0.29, 0.717) is 0 Å². The molecule has 0 bridgehead atoms. The van der Waals surface area contributed by atoms with Crippen molar-refractivity contribution in [1.29, 1.82) is 0 Å². The lowest BCUT2D eigenvalue weighted by Gasteiger charge is -2.37. The summed E-state index contributed by atoms with van der Waals surface area (Å²) in [6, 6.07) is 69.8. The van der Waals surface area contributed by atoms with E-state index in [1.807, 2.05) is 0 Å². The first-order chi connectivity index (χ1) is 31.7. The number of hydrogen-bond donors (Lipinski definition) is 0. The minimum absolute atomic E-state index is 0.109. The second-order valence-electron chi connectivity index (χ2n) is 18.9. The van der Waals surface area contributed by atoms with Crippen LogP contribution in [0, 0.1) is 0 Å². The molecule has 0 aliphatic heterocycles. The van der Waals surface area contributed by atoms with Crippen LogP contribution in [-0.2, 0) is 23.7 Å². The molecule has 1 fully saturated rings. The van der Waals surface area contributed by atoms with Crippen molar-refractivity contribution < 1.29 is 0 Å². The maximum absolute atomic E-state index is 2.67. The van der Waals surface area contributed by atoms with Gasteiger partial charge in [-0.05, 0) is 145 Å². The van der Waals surface area contributed by atoms with Crippen LogP contribution in [0.5, 0.6) is 0 Å². The molecule has 0 saturated heterocycles. The lowest BCUT2D eigenvalue weighted by molar-refractivity contribution is 0.353. The van der Waals surface area contributed by atoms with Crippen molar-refractivity contribution in [3.05, 3.63) is 250 Å². The van der Waals surface area contributed by atoms with Crippen LogP contribution in [0.25, 0.3) is 45.5 Å². The fourth-order valence-electron chi connectivity index (χ4n) is 13.1. The van der Waals surface area contributed by atoms with E-state index in [1.54, 1.807) is 5.56 Å². The van der Waals surface area contributed by atoms with Crippen molar-refractivity contribution in [1.82, 2.24) is 0 Å². The van der Waals surface area contributed by atoms with Crippen molar-refractivity contribution in [3.63, 3.8) is 0 Å². The number of nitrogens with zero attached hydrogens (tertiary/aromatic N) is 1. The predicted octanol–water partition coefficient (Wildman–Crippen LogP) is 15.7. The molecule has 1 saturated carbocycles. The van der Waals surface area contributed by atoms with E-state index >= 15 is 0 Å². The first kappa shape index (κ1) is 37.6. The van der Waals surface area contributed by atoms with E-state index in [1.165, 1.54) is 127 Å². The summed E-state index contributed by atoms with van der Waals surface area (Å²) in [5.74, 6) is 0. The Bertz CT molecular complexity index is 3140. The van der Waals surface area contributed by atoms with Gasteiger partial charge >= 0.3 is 0 Å². The molecule has 0 aromatic heterocycles. The van der Waals surface area contributed by atoms with Gasteiger partial charge in [-0.1, -0.05) is 201 Å². The molecule has 0 unspecified atom stereocenters. The number of fused-ring (bicyclic) bond motifs is 11. The summed E-state index contributed by atoms with van der Waals surface area (Å²) >= 11 is 0. The molecule has 308 valence electrons. The van der Waals surface area contributed by atoms with E-state index in [0.717, 1.165) is 19.3 Å². The fourth-order valence-corrected chi connectivity index (χ4v) is 13.1. The highest BCUT2D eigenvalue weighted by molar-refractivity contribution is 5.94. The van der Waals surface area contributed by atoms with Crippen LogP contribution < -0.4 is 4.90 Å². The summed E-state index contributed by atoms with van der Waals surface area (Å²) in [4.78, 5) is 2.67. The molecule has 0 heterocycles. The van der Waals surface area contributed by atoms with Gasteiger partial charge < -0.3 is 4.90 Å². The topological polar surface area (TPSA) is 3.24 Å². The van der Waals surface area contributed by atoms with Crippen LogP contribution >= 0.6 is 0 Å². The molecule has 0 N–H and O–H groups in total. The van der Waals surface area contributed by atoms with Crippen LogP contribution in [-0.4, -0.2) is 6.04 Å². The van der Waals surface area contributed by atoms with Crippen molar-refractivity contribution in [2.75, 3.05) is 4.90 Å². The normalized spacial score (nSPS) is 17.8. The molecule has 0 radical (unpaired) electrons. The number of rotatable bonds is 6. The van der Waals surface area contributed by atoms with Crippen LogP contribution in [0.15, 0.2) is 194 Å². The second-order valence-corrected chi connectivity index (χ2v) is 18.9. The SMILES string of the molecule is C1=Cc2ccc3c(c2CC1)C[C@H](N(c1cccc(-c2cccc4c2-c2ccccc2C42CCCCC2)c1)c1ccc2c(c1)C(c1ccccc1)(c1ccccc1)c1ccccc1-2)C=C3. The van der Waals surface area contributed by atoms with Crippen LogP contribution in [0.2, 0.25) is 0 Å². The summed E-state index contributed by atoms with van der Waals surface area (Å²) in [6.07, 6.45) is 19.1. The number of hydrogen-bond acceptors (Lipinski definition) is 1. The molecule has 5 aliphatic rings. The van der Waals surface area contributed by atoms with Crippen LogP contribution in [0.4, 0.5) is 11.4 Å². The highest BCUT2D eigenvalue weighted by atomic mass is 15.2. The lowest BCUT2D eigenvalue weighted by atomic mass is 9.67. The molecular weight excluding hydrogens is 771 g/mol. The zero-order chi connectivity index (χ0) is 42.2. The molecule has 0 amide bonds. The van der Waals surface area contributed by atoms with Gasteiger partial charge in [0.05, 0.1) is 11.5 Å². The first-order valence-corrected chi connectivity index (χ1v) is 23.7. The summed E-state index contributed by atoms with van der Waals surface area (Å²) in [5.41, 5.74) is 24.3. The van der Waals surface area contributed by atoms with Gasteiger partial charge in [0.15, 0.2) is 0 Å². The van der Waals surface area contributed by atoms with E-state index in [-0.39, 0.29) is 11.5 Å². The molecule has 5 aliphatic carbocycles. The minimum atomic E-state index is -0.481. The average molecular weight is 822 g/mol. The van der Waals surface area contributed by atoms with Gasteiger partial charge in [0.25, 0.3) is 0 Å². The standard InChI is InChI=1S/C63H51N/c1-4-20-46(21-5-1)63(47-22-6-2-7-23-47)58-30-13-10-26-53(58)54-37-36-50(42-60(54)63)64(49-35-34-44-33-32-43-18-8-9-25-51(43)56(44)41-49)48-24-16-19-45(40-48)52-28-17-31-59-61(52)55-27-11-12-29-57(55)62(59)38-14-3-15-39-62/h1-2,4-8,10-13,16-24,26-37,40,42,49H,3,9,14-15,25,38-39,41H2/t49-/m1/s1. The molecular formula is C63H51N. The highest BCUT2D eigenvalue weighted by Crippen LogP contribution is 2.59. The lowest BCUT2D eigenvalue weighted by Crippen LogP contribution is -2.34. The Hall–Kier alpha value is -6.96. The molecule has 8 aromatic rings. The second kappa shape index (κ2) is 14.8. The Balaban J connectivity index is 1.02. The van der Waals surface area contributed by atoms with E-state index in [9.17, 15) is 0 Å². The van der Waals surface area contributed by atoms with Crippen molar-refractivity contribution in [2.45, 2.75) is 68.2 Å². The van der Waals surface area contributed by atoms with Gasteiger partial charge in [0, 0.05) is 16.8 Å². The van der Waals surface area contributed by atoms with Crippen molar-refractivity contribution in [2.24, 2.45) is 0 Å². The minimum Gasteiger partial charge on any atom is -0.334 e. The summed E-state index contributed by atoms with van der Waals surface area (Å²) in [6.45, 7) is 0. The van der Waals surface area contributed by atoms with Crippen LogP contribution in [0.3, 0.4) is 0 Å². The van der Waals surface area contributed by atoms with Gasteiger partial charge in [-0.15, -0.1) is 0 Å². The van der Waals surface area contributed by atoms with E-state index in [2.05, 4.69) is 211 Å². The highest BCUT2D eigenvalue weighted by Gasteiger charge is 2.47. The van der Waals surface area contributed by atoms with Crippen molar-refractivity contribution in [3.8, 4) is 33.4 Å². The summed E-state index contributed by atoms with van der Waals surface area (Å²) < 4.78 is 0. The third kappa shape index (κ3) is 5.49. The largest absolute Gasteiger partial charge is 0.334 e. The Morgan fingerprint density at radius 3 is 1.89 bits per heavy atom. The number of anilines is 2. The van der Waals surface area contributed by atoms with Gasteiger partial charge in [-0.3, -0.25) is 0 Å². The molecule has 8 aromatic carbocycles. The number of allylic oxidation sites excluding steroid dienone is 1. The maximum atomic E-state index is 2.67. The Morgan fingerprint density at radius 1 is 0.453 bits per heavy atom. The first-order valence-electron chi connectivity index (χ1n) is 23.7. The zero-order valence-electron chi connectivity index (χ0n) is 36.3. The zero-order valence-corrected chi connectivity index (χ0v) is 36.3. The average Bonchev–Trinajstić information content (AvgIpc) is 3.82. The van der Waals surface area contributed by atoms with E-state index < -0.39 is 5.41 Å². The molecule has 1 heteroatoms. The van der Waals surface area contributed by atoms with Crippen molar-refractivity contribution >= 4 is 23.5 Å². The van der Waals surface area contributed by atoms with Gasteiger partial charge in [-0.25, -0.2) is 0 Å². The van der Waals surface area contributed by atoms with E-state index in [4.69, 9.17) is 0 Å². The molecule has 1 nitrogen and oxygen atoms in total.